The van der Waals surface area contributed by atoms with E-state index >= 15 is 0 Å². The van der Waals surface area contributed by atoms with E-state index in [1.807, 2.05) is 0 Å². The highest BCUT2D eigenvalue weighted by molar-refractivity contribution is 7.73. The third-order valence-electron chi connectivity index (χ3n) is 2.32. The molecule has 3 nitrogen and oxygen atoms in total. The fourth-order valence-electron chi connectivity index (χ4n) is 1.42. The maximum atomic E-state index is 11.8. The minimum atomic E-state index is -2.25. The second kappa shape index (κ2) is 3.35. The van der Waals surface area contributed by atoms with Crippen molar-refractivity contribution in [3.05, 3.63) is 0 Å². The molecule has 0 bridgehead atoms. The van der Waals surface area contributed by atoms with Crippen LogP contribution in [0, 0.1) is 0 Å². The first-order valence-corrected chi connectivity index (χ1v) is 7.22. The molecule has 1 heterocycles. The van der Waals surface area contributed by atoms with Crippen LogP contribution in [-0.2, 0) is 9.13 Å². The minimum Gasteiger partial charge on any atom is -0.319 e. The Morgan fingerprint density at radius 1 is 1.45 bits per heavy atom. The van der Waals surface area contributed by atoms with E-state index in [1.165, 1.54) is 0 Å². The van der Waals surface area contributed by atoms with Crippen LogP contribution in [0.2, 0.25) is 0 Å². The maximum Gasteiger partial charge on any atom is 0.516 e. The molecule has 0 radical (unpaired) electrons. The Labute approximate surface area is 67.4 Å². The van der Waals surface area contributed by atoms with Crippen LogP contribution in [0.15, 0.2) is 0 Å². The molecule has 1 aliphatic rings. The highest BCUT2D eigenvalue weighted by atomic mass is 31.2. The quantitative estimate of drug-likeness (QED) is 0.687. The SMILES string of the molecule is CC([P+](=O)O)P1(=O)CCCC1. The Morgan fingerprint density at radius 3 is 2.27 bits per heavy atom. The molecule has 0 saturated carbocycles. The molecule has 0 aromatic carbocycles. The number of hydrogen-bond acceptors (Lipinski definition) is 2. The van der Waals surface area contributed by atoms with Gasteiger partial charge in [-0.05, 0) is 24.3 Å². The average molecular weight is 195 g/mol. The van der Waals surface area contributed by atoms with Gasteiger partial charge in [0.05, 0.1) is 0 Å². The molecule has 0 spiro atoms. The van der Waals surface area contributed by atoms with Crippen LogP contribution in [0.1, 0.15) is 19.8 Å². The fourth-order valence-corrected chi connectivity index (χ4v) is 6.05. The lowest BCUT2D eigenvalue weighted by Crippen LogP contribution is -1.99. The zero-order valence-corrected chi connectivity index (χ0v) is 8.35. The van der Waals surface area contributed by atoms with E-state index in [9.17, 15) is 9.13 Å². The van der Waals surface area contributed by atoms with E-state index in [4.69, 9.17) is 4.89 Å². The van der Waals surface area contributed by atoms with Crippen molar-refractivity contribution < 1.29 is 14.0 Å². The van der Waals surface area contributed by atoms with Gasteiger partial charge in [-0.2, -0.15) is 4.89 Å². The van der Waals surface area contributed by atoms with Crippen LogP contribution >= 0.6 is 15.2 Å². The summed E-state index contributed by atoms with van der Waals surface area (Å²) in [5.41, 5.74) is 0. The molecule has 11 heavy (non-hydrogen) atoms. The fraction of sp³-hybridized carbons (Fsp3) is 1.00. The van der Waals surface area contributed by atoms with Crippen molar-refractivity contribution >= 4 is 15.2 Å². The summed E-state index contributed by atoms with van der Waals surface area (Å²) in [5, 5.41) is -0.472. The number of rotatable bonds is 2. The summed E-state index contributed by atoms with van der Waals surface area (Å²) < 4.78 is 22.5. The molecular formula is C6H13O3P2+. The van der Waals surface area contributed by atoms with Crippen LogP contribution in [0.4, 0.5) is 0 Å². The van der Waals surface area contributed by atoms with Crippen molar-refractivity contribution in [1.82, 2.24) is 0 Å². The van der Waals surface area contributed by atoms with Crippen molar-refractivity contribution in [3.8, 4) is 0 Å². The first-order chi connectivity index (χ1) is 5.06. The van der Waals surface area contributed by atoms with E-state index in [2.05, 4.69) is 0 Å². The lowest BCUT2D eigenvalue weighted by atomic mass is 10.4. The Hall–Kier alpha value is 0.290. The minimum absolute atomic E-state index is 0.472. The predicted octanol–water partition coefficient (Wildman–Crippen LogP) is 2.22. The normalized spacial score (nSPS) is 26.5. The van der Waals surface area contributed by atoms with Crippen molar-refractivity contribution in [2.24, 2.45) is 0 Å². The van der Waals surface area contributed by atoms with Gasteiger partial charge in [-0.25, -0.2) is 0 Å². The molecule has 64 valence electrons. The van der Waals surface area contributed by atoms with E-state index in [0.717, 1.165) is 12.8 Å². The van der Waals surface area contributed by atoms with Crippen molar-refractivity contribution in [2.75, 3.05) is 12.3 Å². The zero-order chi connectivity index (χ0) is 8.48. The molecule has 1 saturated heterocycles. The molecule has 1 rings (SSSR count). The Balaban J connectivity index is 2.72. The number of hydrogen-bond donors (Lipinski definition) is 1. The maximum absolute atomic E-state index is 11.8. The van der Waals surface area contributed by atoms with Gasteiger partial charge in [0.15, 0.2) is 0 Å². The molecule has 0 aromatic heterocycles. The molecular weight excluding hydrogens is 182 g/mol. The van der Waals surface area contributed by atoms with Gasteiger partial charge in [0.25, 0.3) is 0 Å². The molecule has 0 aromatic rings. The van der Waals surface area contributed by atoms with Gasteiger partial charge in [-0.3, -0.25) is 0 Å². The van der Waals surface area contributed by atoms with Crippen molar-refractivity contribution in [3.63, 3.8) is 0 Å². The molecule has 0 amide bonds. The molecule has 2 atom stereocenters. The van der Waals surface area contributed by atoms with E-state index in [0.29, 0.717) is 12.3 Å². The molecule has 1 aliphatic heterocycles. The summed E-state index contributed by atoms with van der Waals surface area (Å²) in [6.45, 7) is 1.63. The van der Waals surface area contributed by atoms with Gasteiger partial charge in [0, 0.05) is 12.3 Å². The van der Waals surface area contributed by atoms with Crippen molar-refractivity contribution in [2.45, 2.75) is 25.2 Å². The lowest BCUT2D eigenvalue weighted by molar-refractivity contribution is 0.498. The highest BCUT2D eigenvalue weighted by Crippen LogP contribution is 2.62. The monoisotopic (exact) mass is 195 g/mol. The van der Waals surface area contributed by atoms with Crippen molar-refractivity contribution in [1.29, 1.82) is 0 Å². The Morgan fingerprint density at radius 2 is 1.91 bits per heavy atom. The molecule has 1 N–H and O–H groups in total. The molecule has 1 fully saturated rings. The standard InChI is InChI=1S/C6H12O3P2/c1-6(10(7)8)11(9)4-2-3-5-11/h6H,2-5H2,1H3/p+1. The smallest absolute Gasteiger partial charge is 0.319 e. The summed E-state index contributed by atoms with van der Waals surface area (Å²) in [5.74, 6) is 0. The van der Waals surface area contributed by atoms with Crippen LogP contribution in [0.25, 0.3) is 0 Å². The highest BCUT2D eigenvalue weighted by Gasteiger charge is 2.44. The second-order valence-corrected chi connectivity index (χ2v) is 8.40. The first-order valence-electron chi connectivity index (χ1n) is 3.79. The van der Waals surface area contributed by atoms with Crippen LogP contribution < -0.4 is 0 Å². The summed E-state index contributed by atoms with van der Waals surface area (Å²) in [6, 6.07) is 0. The van der Waals surface area contributed by atoms with Crippen LogP contribution in [-0.4, -0.2) is 22.6 Å². The summed E-state index contributed by atoms with van der Waals surface area (Å²) >= 11 is 0. The van der Waals surface area contributed by atoms with Crippen LogP contribution in [0.3, 0.4) is 0 Å². The summed E-state index contributed by atoms with van der Waals surface area (Å²) in [7, 11) is -4.49. The Kier molecular flexibility index (Phi) is 2.85. The van der Waals surface area contributed by atoms with Gasteiger partial charge < -0.3 is 4.57 Å². The topological polar surface area (TPSA) is 54.4 Å². The van der Waals surface area contributed by atoms with Gasteiger partial charge >= 0.3 is 8.03 Å². The van der Waals surface area contributed by atoms with E-state index in [1.54, 1.807) is 6.92 Å². The van der Waals surface area contributed by atoms with Gasteiger partial charge in [0.1, 0.15) is 7.14 Å². The molecule has 5 heteroatoms. The second-order valence-electron chi connectivity index (χ2n) is 3.04. The molecule has 0 aliphatic carbocycles. The predicted molar refractivity (Wildman–Crippen MR) is 45.9 cm³/mol. The van der Waals surface area contributed by atoms with Gasteiger partial charge in [-0.15, -0.1) is 0 Å². The van der Waals surface area contributed by atoms with E-state index in [-0.39, 0.29) is 0 Å². The third kappa shape index (κ3) is 1.90. The zero-order valence-electron chi connectivity index (χ0n) is 6.56. The first kappa shape index (κ1) is 9.38. The summed E-state index contributed by atoms with van der Waals surface area (Å²) in [6.07, 6.45) is 3.28. The third-order valence-corrected chi connectivity index (χ3v) is 8.33. The van der Waals surface area contributed by atoms with E-state index < -0.39 is 20.6 Å². The largest absolute Gasteiger partial charge is 0.516 e. The van der Waals surface area contributed by atoms with Crippen LogP contribution in [0.5, 0.6) is 0 Å². The molecule has 2 unspecified atom stereocenters. The summed E-state index contributed by atoms with van der Waals surface area (Å²) in [4.78, 5) is 8.78. The van der Waals surface area contributed by atoms with Gasteiger partial charge in [-0.1, -0.05) is 0 Å². The Bertz CT molecular complexity index is 204. The average Bonchev–Trinajstić information content (AvgIpc) is 2.35. The van der Waals surface area contributed by atoms with Gasteiger partial charge in [0.2, 0.25) is 5.40 Å². The lowest BCUT2D eigenvalue weighted by Gasteiger charge is -2.07.